The molecular formula is C7H15ClN2O5S. The Balaban J connectivity index is 0.00000225. The first-order chi connectivity index (χ1) is 6.94. The van der Waals surface area contributed by atoms with Crippen molar-refractivity contribution in [2.75, 3.05) is 13.7 Å². The van der Waals surface area contributed by atoms with Gasteiger partial charge in [-0.25, -0.2) is 5.01 Å². The van der Waals surface area contributed by atoms with Gasteiger partial charge >= 0.3 is 16.3 Å². The lowest BCUT2D eigenvalue weighted by molar-refractivity contribution is -0.149. The summed E-state index contributed by atoms with van der Waals surface area (Å²) in [5, 5.41) is 1.19. The largest absolute Gasteiger partial charge is 0.468 e. The molecule has 1 unspecified atom stereocenters. The van der Waals surface area contributed by atoms with Gasteiger partial charge in [-0.3, -0.25) is 9.35 Å². The summed E-state index contributed by atoms with van der Waals surface area (Å²) in [5.74, 6) is -0.508. The average molecular weight is 275 g/mol. The van der Waals surface area contributed by atoms with E-state index >= 15 is 0 Å². The smallest absolute Gasteiger partial charge is 0.346 e. The molecule has 1 heterocycles. The molecule has 0 spiro atoms. The fourth-order valence-corrected chi connectivity index (χ4v) is 2.08. The Morgan fingerprint density at radius 2 is 2.12 bits per heavy atom. The van der Waals surface area contributed by atoms with E-state index in [1.165, 1.54) is 12.1 Å². The third-order valence-electron chi connectivity index (χ3n) is 2.21. The van der Waals surface area contributed by atoms with Crippen molar-refractivity contribution < 1.29 is 22.5 Å². The van der Waals surface area contributed by atoms with Crippen molar-refractivity contribution in [3.05, 3.63) is 0 Å². The molecule has 1 atom stereocenters. The molecule has 7 nitrogen and oxygen atoms in total. The van der Waals surface area contributed by atoms with Gasteiger partial charge in [0.1, 0.15) is 6.04 Å². The molecule has 1 rings (SSSR count). The van der Waals surface area contributed by atoms with E-state index in [-0.39, 0.29) is 12.4 Å². The molecule has 0 aromatic rings. The van der Waals surface area contributed by atoms with Crippen molar-refractivity contribution in [1.29, 1.82) is 0 Å². The van der Waals surface area contributed by atoms with Crippen LogP contribution in [0.3, 0.4) is 0 Å². The van der Waals surface area contributed by atoms with Crippen molar-refractivity contribution in [3.8, 4) is 0 Å². The van der Waals surface area contributed by atoms with Crippen LogP contribution in [-0.2, 0) is 19.8 Å². The molecule has 0 radical (unpaired) electrons. The van der Waals surface area contributed by atoms with E-state index in [9.17, 15) is 13.2 Å². The minimum absolute atomic E-state index is 0. The number of nitrogens with one attached hydrogen (secondary N) is 1. The van der Waals surface area contributed by atoms with Crippen molar-refractivity contribution in [2.45, 2.75) is 25.3 Å². The molecule has 2 N–H and O–H groups in total. The monoisotopic (exact) mass is 274 g/mol. The number of methoxy groups -OCH3 is 1. The van der Waals surface area contributed by atoms with Gasteiger partial charge < -0.3 is 4.74 Å². The predicted octanol–water partition coefficient (Wildman–Crippen LogP) is -0.257. The van der Waals surface area contributed by atoms with Gasteiger partial charge in [0, 0.05) is 6.54 Å². The molecule has 0 aliphatic carbocycles. The Morgan fingerprint density at radius 3 is 2.62 bits per heavy atom. The van der Waals surface area contributed by atoms with Crippen LogP contribution in [0.5, 0.6) is 0 Å². The van der Waals surface area contributed by atoms with Crippen molar-refractivity contribution in [1.82, 2.24) is 9.84 Å². The lowest BCUT2D eigenvalue weighted by Crippen LogP contribution is -2.54. The van der Waals surface area contributed by atoms with Crippen LogP contribution < -0.4 is 4.83 Å². The number of hydrazine groups is 1. The average Bonchev–Trinajstić information content (AvgIpc) is 2.15. The normalized spacial score (nSPS) is 22.2. The van der Waals surface area contributed by atoms with E-state index in [4.69, 9.17) is 4.55 Å². The number of ether oxygens (including phenoxy) is 1. The van der Waals surface area contributed by atoms with Gasteiger partial charge in [0.2, 0.25) is 0 Å². The minimum Gasteiger partial charge on any atom is -0.468 e. The molecule has 1 fully saturated rings. The SMILES string of the molecule is COC(=O)C1CCCCN1NS(=O)(=O)O.Cl. The lowest BCUT2D eigenvalue weighted by atomic mass is 10.0. The molecule has 0 saturated carbocycles. The summed E-state index contributed by atoms with van der Waals surface area (Å²) in [5.41, 5.74) is 0. The number of esters is 1. The van der Waals surface area contributed by atoms with E-state index in [1.807, 2.05) is 4.83 Å². The zero-order valence-electron chi connectivity index (χ0n) is 8.75. The van der Waals surface area contributed by atoms with Gasteiger partial charge in [0.15, 0.2) is 0 Å². The van der Waals surface area contributed by atoms with Gasteiger partial charge in [0.05, 0.1) is 7.11 Å². The zero-order chi connectivity index (χ0) is 11.5. The number of carbonyl (C=O) groups is 1. The van der Waals surface area contributed by atoms with Crippen LogP contribution in [0.2, 0.25) is 0 Å². The first-order valence-corrected chi connectivity index (χ1v) is 5.97. The molecule has 0 amide bonds. The maximum atomic E-state index is 11.3. The van der Waals surface area contributed by atoms with Crippen LogP contribution in [0, 0.1) is 0 Å². The number of hydrogen-bond donors (Lipinski definition) is 2. The Bertz CT molecular complexity index is 334. The van der Waals surface area contributed by atoms with Gasteiger partial charge in [-0.1, -0.05) is 0 Å². The number of hydrogen-bond acceptors (Lipinski definition) is 5. The van der Waals surface area contributed by atoms with E-state index in [1.54, 1.807) is 0 Å². The van der Waals surface area contributed by atoms with Crippen molar-refractivity contribution in [3.63, 3.8) is 0 Å². The van der Waals surface area contributed by atoms with E-state index in [0.717, 1.165) is 12.8 Å². The Kier molecular flexibility index (Phi) is 6.19. The van der Waals surface area contributed by atoms with Crippen LogP contribution in [0.25, 0.3) is 0 Å². The quantitative estimate of drug-likeness (QED) is 0.544. The summed E-state index contributed by atoms with van der Waals surface area (Å²) in [6.45, 7) is 0.375. The van der Waals surface area contributed by atoms with E-state index in [0.29, 0.717) is 13.0 Å². The molecule has 0 aromatic carbocycles. The number of halogens is 1. The molecule has 9 heteroatoms. The Morgan fingerprint density at radius 1 is 1.50 bits per heavy atom. The Labute approximate surface area is 100 Å². The second-order valence-corrected chi connectivity index (χ2v) is 4.43. The number of carbonyl (C=O) groups excluding carboxylic acids is 1. The zero-order valence-corrected chi connectivity index (χ0v) is 10.4. The Hall–Kier alpha value is -0.410. The van der Waals surface area contributed by atoms with Gasteiger partial charge in [0.25, 0.3) is 0 Å². The molecule has 16 heavy (non-hydrogen) atoms. The second-order valence-electron chi connectivity index (χ2n) is 3.29. The van der Waals surface area contributed by atoms with Gasteiger partial charge in [-0.15, -0.1) is 17.2 Å². The summed E-state index contributed by atoms with van der Waals surface area (Å²) in [4.78, 5) is 13.2. The first-order valence-electron chi connectivity index (χ1n) is 4.53. The van der Waals surface area contributed by atoms with Gasteiger partial charge in [-0.2, -0.15) is 8.42 Å². The van der Waals surface area contributed by atoms with E-state index in [2.05, 4.69) is 4.74 Å². The summed E-state index contributed by atoms with van der Waals surface area (Å²) in [7, 11) is -3.09. The number of piperidine rings is 1. The van der Waals surface area contributed by atoms with Crippen molar-refractivity contribution >= 4 is 28.7 Å². The molecule has 0 bridgehead atoms. The second kappa shape index (κ2) is 6.36. The van der Waals surface area contributed by atoms with Crippen LogP contribution in [-0.4, -0.2) is 43.6 Å². The highest BCUT2D eigenvalue weighted by Crippen LogP contribution is 2.16. The fourth-order valence-electron chi connectivity index (χ4n) is 1.57. The topological polar surface area (TPSA) is 95.9 Å². The van der Waals surface area contributed by atoms with Crippen LogP contribution in [0.4, 0.5) is 0 Å². The molecule has 1 aliphatic heterocycles. The van der Waals surface area contributed by atoms with Gasteiger partial charge in [-0.05, 0) is 19.3 Å². The molecule has 1 aliphatic rings. The highest BCUT2D eigenvalue weighted by atomic mass is 35.5. The van der Waals surface area contributed by atoms with E-state index < -0.39 is 22.3 Å². The summed E-state index contributed by atoms with van der Waals surface area (Å²) >= 11 is 0. The standard InChI is InChI=1S/C7H14N2O5S.ClH/c1-14-7(10)6-4-2-3-5-9(6)8-15(11,12)13;/h6,8H,2-5H2,1H3,(H,11,12,13);1H. The van der Waals surface area contributed by atoms with Crippen molar-refractivity contribution in [2.24, 2.45) is 0 Å². The van der Waals surface area contributed by atoms with Crippen LogP contribution in [0.15, 0.2) is 0 Å². The first kappa shape index (κ1) is 15.6. The number of rotatable bonds is 3. The number of nitrogens with zero attached hydrogens (tertiary/aromatic N) is 1. The predicted molar refractivity (Wildman–Crippen MR) is 58.3 cm³/mol. The molecule has 1 saturated heterocycles. The summed E-state index contributed by atoms with van der Waals surface area (Å²) in [6, 6.07) is -0.661. The highest BCUT2D eigenvalue weighted by molar-refractivity contribution is 7.83. The third kappa shape index (κ3) is 4.62. The minimum atomic E-state index is -4.33. The fraction of sp³-hybridized carbons (Fsp3) is 0.857. The lowest BCUT2D eigenvalue weighted by Gasteiger charge is -2.32. The van der Waals surface area contributed by atoms with Crippen LogP contribution >= 0.6 is 12.4 Å². The summed E-state index contributed by atoms with van der Waals surface area (Å²) < 4.78 is 34.4. The molecular weight excluding hydrogens is 260 g/mol. The van der Waals surface area contributed by atoms with Crippen LogP contribution in [0.1, 0.15) is 19.3 Å². The maximum Gasteiger partial charge on any atom is 0.346 e. The molecule has 96 valence electrons. The third-order valence-corrected chi connectivity index (χ3v) is 2.67. The summed E-state index contributed by atoms with van der Waals surface area (Å²) in [6.07, 6.45) is 2.09. The molecule has 0 aromatic heterocycles. The maximum absolute atomic E-state index is 11.3. The highest BCUT2D eigenvalue weighted by Gasteiger charge is 2.31.